The maximum atomic E-state index is 12.4. The van der Waals surface area contributed by atoms with Crippen molar-refractivity contribution >= 4 is 29.5 Å². The Morgan fingerprint density at radius 3 is 2.45 bits per heavy atom. The number of nitrogens with one attached hydrogen (secondary N) is 1. The van der Waals surface area contributed by atoms with Gasteiger partial charge < -0.3 is 15.0 Å². The lowest BCUT2D eigenvalue weighted by molar-refractivity contribution is -0.142. The molecule has 0 spiro atoms. The van der Waals surface area contributed by atoms with Crippen molar-refractivity contribution in [3.8, 4) is 0 Å². The van der Waals surface area contributed by atoms with Gasteiger partial charge in [0.1, 0.15) is 0 Å². The first-order valence-corrected chi connectivity index (χ1v) is 9.53. The number of ether oxygens (including phenoxy) is 1. The number of esters is 1. The number of carbonyl (C=O) groups excluding carboxylic acids is 3. The zero-order valence-electron chi connectivity index (χ0n) is 17.0. The average Bonchev–Trinajstić information content (AvgIpc) is 2.72. The molecule has 2 amide bonds. The molecule has 0 aliphatic carbocycles. The van der Waals surface area contributed by atoms with Crippen molar-refractivity contribution in [1.29, 1.82) is 0 Å². The minimum absolute atomic E-state index is 0.0983. The van der Waals surface area contributed by atoms with Crippen LogP contribution in [0.1, 0.15) is 35.3 Å². The molecule has 0 saturated carbocycles. The van der Waals surface area contributed by atoms with Gasteiger partial charge in [0.05, 0.1) is 0 Å². The number of amides is 2. The summed E-state index contributed by atoms with van der Waals surface area (Å²) < 4.78 is 4.97. The first-order valence-electron chi connectivity index (χ1n) is 9.53. The van der Waals surface area contributed by atoms with Gasteiger partial charge in [-0.2, -0.15) is 0 Å². The number of hydrogen-bond acceptors (Lipinski definition) is 4. The Morgan fingerprint density at radius 2 is 1.76 bits per heavy atom. The summed E-state index contributed by atoms with van der Waals surface area (Å²) in [4.78, 5) is 38.0. The molecule has 0 unspecified atom stereocenters. The largest absolute Gasteiger partial charge is 0.452 e. The Balaban J connectivity index is 1.88. The summed E-state index contributed by atoms with van der Waals surface area (Å²) in [6, 6.07) is 14.3. The van der Waals surface area contributed by atoms with Crippen LogP contribution in [0.5, 0.6) is 0 Å². The van der Waals surface area contributed by atoms with Crippen molar-refractivity contribution in [1.82, 2.24) is 4.90 Å². The second-order valence-electron chi connectivity index (χ2n) is 6.46. The third-order valence-electron chi connectivity index (χ3n) is 4.24. The van der Waals surface area contributed by atoms with Crippen molar-refractivity contribution in [3.63, 3.8) is 0 Å². The van der Waals surface area contributed by atoms with E-state index in [0.717, 1.165) is 11.1 Å². The molecule has 0 fully saturated rings. The first-order chi connectivity index (χ1) is 13.9. The number of benzene rings is 2. The number of hydrogen-bond donors (Lipinski definition) is 1. The molecule has 0 atom stereocenters. The van der Waals surface area contributed by atoms with E-state index in [1.807, 2.05) is 45.0 Å². The van der Waals surface area contributed by atoms with Gasteiger partial charge in [0.25, 0.3) is 11.8 Å². The van der Waals surface area contributed by atoms with Crippen LogP contribution in [-0.4, -0.2) is 42.4 Å². The van der Waals surface area contributed by atoms with Crippen molar-refractivity contribution in [2.45, 2.75) is 20.8 Å². The smallest absolute Gasteiger partial charge is 0.331 e. The van der Waals surface area contributed by atoms with Gasteiger partial charge in [-0.15, -0.1) is 0 Å². The molecule has 6 nitrogen and oxygen atoms in total. The van der Waals surface area contributed by atoms with E-state index in [1.165, 1.54) is 6.08 Å². The molecule has 0 bridgehead atoms. The Morgan fingerprint density at radius 1 is 1.03 bits per heavy atom. The van der Waals surface area contributed by atoms with E-state index < -0.39 is 18.5 Å². The molecule has 6 heteroatoms. The third kappa shape index (κ3) is 6.92. The van der Waals surface area contributed by atoms with E-state index in [0.29, 0.717) is 24.3 Å². The maximum absolute atomic E-state index is 12.4. The van der Waals surface area contributed by atoms with Crippen LogP contribution >= 0.6 is 0 Å². The summed E-state index contributed by atoms with van der Waals surface area (Å²) in [6.07, 6.45) is 2.92. The van der Waals surface area contributed by atoms with Crippen LogP contribution in [0.4, 0.5) is 5.69 Å². The Hall–Kier alpha value is -3.41. The molecule has 0 aliphatic rings. The Kier molecular flexibility index (Phi) is 8.15. The third-order valence-corrected chi connectivity index (χ3v) is 4.24. The Labute approximate surface area is 171 Å². The minimum Gasteiger partial charge on any atom is -0.452 e. The van der Waals surface area contributed by atoms with E-state index in [9.17, 15) is 14.4 Å². The van der Waals surface area contributed by atoms with Gasteiger partial charge >= 0.3 is 5.97 Å². The molecule has 0 radical (unpaired) electrons. The van der Waals surface area contributed by atoms with E-state index in [4.69, 9.17) is 4.74 Å². The molecule has 2 rings (SSSR count). The summed E-state index contributed by atoms with van der Waals surface area (Å²) in [5, 5.41) is 2.64. The van der Waals surface area contributed by atoms with Gasteiger partial charge in [0.2, 0.25) is 0 Å². The number of nitrogens with zero attached hydrogens (tertiary/aromatic N) is 1. The van der Waals surface area contributed by atoms with E-state index in [-0.39, 0.29) is 5.91 Å². The second-order valence-corrected chi connectivity index (χ2v) is 6.46. The number of carbonyl (C=O) groups is 3. The van der Waals surface area contributed by atoms with Crippen molar-refractivity contribution in [3.05, 3.63) is 71.3 Å². The zero-order chi connectivity index (χ0) is 21.2. The van der Waals surface area contributed by atoms with E-state index in [1.54, 1.807) is 35.2 Å². The molecule has 152 valence electrons. The highest BCUT2D eigenvalue weighted by Gasteiger charge is 2.13. The van der Waals surface area contributed by atoms with E-state index >= 15 is 0 Å². The van der Waals surface area contributed by atoms with Crippen LogP contribution in [0.25, 0.3) is 6.08 Å². The summed E-state index contributed by atoms with van der Waals surface area (Å²) in [6.45, 7) is 6.59. The fourth-order valence-corrected chi connectivity index (χ4v) is 2.74. The molecule has 0 aromatic heterocycles. The van der Waals surface area contributed by atoms with Crippen LogP contribution in [0.3, 0.4) is 0 Å². The highest BCUT2D eigenvalue weighted by molar-refractivity contribution is 5.98. The standard InChI is InChI=1S/C23H26N2O4/c1-4-25(5-2)23(28)19-10-7-11-20(15-19)24-21(26)16-29-22(27)13-12-18-9-6-8-17(3)14-18/h6-15H,4-5,16H2,1-3H3,(H,24,26)/b13-12+. The monoisotopic (exact) mass is 394 g/mol. The van der Waals surface area contributed by atoms with Crippen LogP contribution in [-0.2, 0) is 14.3 Å². The topological polar surface area (TPSA) is 75.7 Å². The number of rotatable bonds is 8. The second kappa shape index (κ2) is 10.8. The molecule has 0 aliphatic heterocycles. The summed E-state index contributed by atoms with van der Waals surface area (Å²) in [5.41, 5.74) is 2.92. The van der Waals surface area contributed by atoms with Crippen LogP contribution in [0.15, 0.2) is 54.6 Å². The SMILES string of the molecule is CCN(CC)C(=O)c1cccc(NC(=O)COC(=O)/C=C/c2cccc(C)c2)c1. The maximum Gasteiger partial charge on any atom is 0.331 e. The molecule has 0 saturated heterocycles. The lowest BCUT2D eigenvalue weighted by Crippen LogP contribution is -2.30. The van der Waals surface area contributed by atoms with Gasteiger partial charge in [0.15, 0.2) is 6.61 Å². The predicted octanol–water partition coefficient (Wildman–Crippen LogP) is 3.67. The van der Waals surface area contributed by atoms with Gasteiger partial charge in [-0.25, -0.2) is 4.79 Å². The number of aryl methyl sites for hydroxylation is 1. The van der Waals surface area contributed by atoms with Gasteiger partial charge in [0, 0.05) is 30.4 Å². The quantitative estimate of drug-likeness (QED) is 0.547. The van der Waals surface area contributed by atoms with Crippen LogP contribution in [0, 0.1) is 6.92 Å². The molecule has 2 aromatic carbocycles. The zero-order valence-corrected chi connectivity index (χ0v) is 17.0. The van der Waals surface area contributed by atoms with Crippen molar-refractivity contribution in [2.75, 3.05) is 25.0 Å². The average molecular weight is 394 g/mol. The van der Waals surface area contributed by atoms with Gasteiger partial charge in [-0.05, 0) is 50.6 Å². The van der Waals surface area contributed by atoms with E-state index in [2.05, 4.69) is 5.32 Å². The lowest BCUT2D eigenvalue weighted by Gasteiger charge is -2.19. The highest BCUT2D eigenvalue weighted by atomic mass is 16.5. The lowest BCUT2D eigenvalue weighted by atomic mass is 10.1. The fraction of sp³-hybridized carbons (Fsp3) is 0.261. The molecule has 29 heavy (non-hydrogen) atoms. The minimum atomic E-state index is -0.605. The Bertz CT molecular complexity index is 901. The highest BCUT2D eigenvalue weighted by Crippen LogP contribution is 2.13. The normalized spacial score (nSPS) is 10.6. The molecular formula is C23H26N2O4. The molecule has 0 heterocycles. The first kappa shape index (κ1) is 21.9. The van der Waals surface area contributed by atoms with Gasteiger partial charge in [-0.3, -0.25) is 9.59 Å². The van der Waals surface area contributed by atoms with Crippen LogP contribution < -0.4 is 5.32 Å². The molecule has 2 aromatic rings. The van der Waals surface area contributed by atoms with Gasteiger partial charge in [-0.1, -0.05) is 35.9 Å². The molecule has 1 N–H and O–H groups in total. The van der Waals surface area contributed by atoms with Crippen LogP contribution in [0.2, 0.25) is 0 Å². The predicted molar refractivity (Wildman–Crippen MR) is 113 cm³/mol. The van der Waals surface area contributed by atoms with Crippen molar-refractivity contribution in [2.24, 2.45) is 0 Å². The fourth-order valence-electron chi connectivity index (χ4n) is 2.74. The van der Waals surface area contributed by atoms with Crippen molar-refractivity contribution < 1.29 is 19.1 Å². The summed E-state index contributed by atoms with van der Waals surface area (Å²) in [5.74, 6) is -1.18. The molecular weight excluding hydrogens is 368 g/mol. The summed E-state index contributed by atoms with van der Waals surface area (Å²) in [7, 11) is 0. The number of anilines is 1. The summed E-state index contributed by atoms with van der Waals surface area (Å²) >= 11 is 0.